The molecule has 1 aliphatic rings. The molecule has 3 heterocycles. The van der Waals surface area contributed by atoms with Crippen molar-refractivity contribution in [2.45, 2.75) is 26.0 Å². The van der Waals surface area contributed by atoms with E-state index in [0.717, 1.165) is 29.5 Å². The van der Waals surface area contributed by atoms with Crippen molar-refractivity contribution >= 4 is 22.8 Å². The first-order chi connectivity index (χ1) is 16.6. The van der Waals surface area contributed by atoms with Crippen molar-refractivity contribution in [3.8, 4) is 17.1 Å². The molecule has 1 aliphatic heterocycles. The molecule has 2 N–H and O–H groups in total. The van der Waals surface area contributed by atoms with Gasteiger partial charge in [0.25, 0.3) is 0 Å². The highest BCUT2D eigenvalue weighted by Gasteiger charge is 2.32. The molecular formula is C26H25N5O3. The minimum Gasteiger partial charge on any atom is -0.507 e. The largest absolute Gasteiger partial charge is 0.507 e. The third-order valence-corrected chi connectivity index (χ3v) is 5.89. The summed E-state index contributed by atoms with van der Waals surface area (Å²) in [6, 6.07) is 16.3. The highest BCUT2D eigenvalue weighted by Crippen LogP contribution is 2.33. The predicted molar refractivity (Wildman–Crippen MR) is 130 cm³/mol. The summed E-state index contributed by atoms with van der Waals surface area (Å²) >= 11 is 0. The van der Waals surface area contributed by atoms with Gasteiger partial charge in [-0.2, -0.15) is 0 Å². The highest BCUT2D eigenvalue weighted by molar-refractivity contribution is 6.00. The third kappa shape index (κ3) is 4.40. The number of ether oxygens (including phenoxy) is 1. The molecular weight excluding hydrogens is 430 g/mol. The van der Waals surface area contributed by atoms with Crippen LogP contribution in [0.15, 0.2) is 67.0 Å². The zero-order chi connectivity index (χ0) is 23.5. The van der Waals surface area contributed by atoms with Gasteiger partial charge >= 0.3 is 6.09 Å². The topological polar surface area (TPSA) is 100 Å². The van der Waals surface area contributed by atoms with Crippen LogP contribution in [0, 0.1) is 6.92 Å². The van der Waals surface area contributed by atoms with Gasteiger partial charge in [0.05, 0.1) is 17.1 Å². The molecule has 1 amide bonds. The molecule has 8 heteroatoms. The van der Waals surface area contributed by atoms with E-state index in [4.69, 9.17) is 14.7 Å². The van der Waals surface area contributed by atoms with Gasteiger partial charge in [-0.25, -0.2) is 14.8 Å². The Morgan fingerprint density at radius 2 is 2.06 bits per heavy atom. The molecule has 2 aromatic heterocycles. The fraction of sp³-hybridized carbons (Fsp3) is 0.231. The Morgan fingerprint density at radius 3 is 2.82 bits per heavy atom. The number of rotatable bonds is 5. The maximum atomic E-state index is 13.5. The SMILES string of the molecule is Cc1ccc2c(N(C(=O)OCc3cccnc3)[C@@H]3CCNC3)nc(-c3ccccc3O)nc2c1. The van der Waals surface area contributed by atoms with Gasteiger partial charge in [0.2, 0.25) is 0 Å². The van der Waals surface area contributed by atoms with Gasteiger partial charge in [0.15, 0.2) is 5.82 Å². The molecule has 8 nitrogen and oxygen atoms in total. The summed E-state index contributed by atoms with van der Waals surface area (Å²) in [5.74, 6) is 0.893. The van der Waals surface area contributed by atoms with Gasteiger partial charge < -0.3 is 15.2 Å². The Labute approximate surface area is 197 Å². The number of benzene rings is 2. The number of aryl methyl sites for hydroxylation is 1. The van der Waals surface area contributed by atoms with E-state index >= 15 is 0 Å². The van der Waals surface area contributed by atoms with Crippen LogP contribution in [0.2, 0.25) is 0 Å². The van der Waals surface area contributed by atoms with E-state index in [-0.39, 0.29) is 18.4 Å². The van der Waals surface area contributed by atoms with E-state index in [2.05, 4.69) is 10.3 Å². The lowest BCUT2D eigenvalue weighted by atomic mass is 10.1. The zero-order valence-corrected chi connectivity index (χ0v) is 18.8. The summed E-state index contributed by atoms with van der Waals surface area (Å²) in [7, 11) is 0. The molecule has 0 radical (unpaired) electrons. The minimum atomic E-state index is -0.485. The van der Waals surface area contributed by atoms with Crippen LogP contribution in [-0.2, 0) is 11.3 Å². The number of carbonyl (C=O) groups is 1. The molecule has 0 bridgehead atoms. The number of para-hydroxylation sites is 1. The van der Waals surface area contributed by atoms with E-state index in [0.29, 0.717) is 29.3 Å². The first-order valence-corrected chi connectivity index (χ1v) is 11.2. The van der Waals surface area contributed by atoms with Gasteiger partial charge in [-0.15, -0.1) is 0 Å². The van der Waals surface area contributed by atoms with Gasteiger partial charge in [-0.1, -0.05) is 24.3 Å². The van der Waals surface area contributed by atoms with E-state index in [1.807, 2.05) is 37.3 Å². The fourth-order valence-corrected chi connectivity index (χ4v) is 4.16. The number of phenolic OH excluding ortho intramolecular Hbond substituents is 1. The Morgan fingerprint density at radius 1 is 1.18 bits per heavy atom. The highest BCUT2D eigenvalue weighted by atomic mass is 16.6. The average Bonchev–Trinajstić information content (AvgIpc) is 3.38. The molecule has 34 heavy (non-hydrogen) atoms. The van der Waals surface area contributed by atoms with Crippen LogP contribution in [0.5, 0.6) is 5.75 Å². The monoisotopic (exact) mass is 455 g/mol. The van der Waals surface area contributed by atoms with Crippen LogP contribution >= 0.6 is 0 Å². The molecule has 1 saturated heterocycles. The number of nitrogens with one attached hydrogen (secondary N) is 1. The van der Waals surface area contributed by atoms with Gasteiger partial charge in [-0.3, -0.25) is 9.88 Å². The number of amides is 1. The molecule has 1 atom stereocenters. The van der Waals surface area contributed by atoms with Crippen molar-refractivity contribution in [2.75, 3.05) is 18.0 Å². The van der Waals surface area contributed by atoms with E-state index in [9.17, 15) is 9.90 Å². The number of aromatic hydroxyl groups is 1. The van der Waals surface area contributed by atoms with E-state index in [1.54, 1.807) is 41.6 Å². The lowest BCUT2D eigenvalue weighted by molar-refractivity contribution is 0.144. The number of phenols is 1. The van der Waals surface area contributed by atoms with E-state index in [1.165, 1.54) is 0 Å². The molecule has 5 rings (SSSR count). The van der Waals surface area contributed by atoms with Crippen LogP contribution in [-0.4, -0.2) is 45.3 Å². The van der Waals surface area contributed by atoms with Crippen molar-refractivity contribution in [3.63, 3.8) is 0 Å². The van der Waals surface area contributed by atoms with Crippen LogP contribution in [0.25, 0.3) is 22.3 Å². The summed E-state index contributed by atoms with van der Waals surface area (Å²) in [5.41, 5.74) is 3.03. The Kier molecular flexibility index (Phi) is 6.05. The second-order valence-electron chi connectivity index (χ2n) is 8.34. The lowest BCUT2D eigenvalue weighted by Gasteiger charge is -2.28. The first kappa shape index (κ1) is 21.8. The molecule has 172 valence electrons. The van der Waals surface area contributed by atoms with Crippen molar-refractivity contribution in [1.29, 1.82) is 0 Å². The number of hydrogen-bond acceptors (Lipinski definition) is 7. The Bertz CT molecular complexity index is 1320. The number of carbonyl (C=O) groups excluding carboxylic acids is 1. The first-order valence-electron chi connectivity index (χ1n) is 11.2. The van der Waals surface area contributed by atoms with Crippen LogP contribution in [0.1, 0.15) is 17.5 Å². The fourth-order valence-electron chi connectivity index (χ4n) is 4.16. The zero-order valence-electron chi connectivity index (χ0n) is 18.8. The summed E-state index contributed by atoms with van der Waals surface area (Å²) in [4.78, 5) is 28.7. The number of anilines is 1. The number of aromatic nitrogens is 3. The lowest BCUT2D eigenvalue weighted by Crippen LogP contribution is -2.43. The summed E-state index contributed by atoms with van der Waals surface area (Å²) in [5, 5.41) is 14.5. The third-order valence-electron chi connectivity index (χ3n) is 5.89. The van der Waals surface area contributed by atoms with Gasteiger partial charge in [-0.05, 0) is 55.8 Å². The number of pyridine rings is 1. The number of fused-ring (bicyclic) bond motifs is 1. The minimum absolute atomic E-state index is 0.0775. The smallest absolute Gasteiger partial charge is 0.416 e. The quantitative estimate of drug-likeness (QED) is 0.465. The molecule has 1 fully saturated rings. The molecule has 0 saturated carbocycles. The normalized spacial score (nSPS) is 15.4. The maximum absolute atomic E-state index is 13.5. The van der Waals surface area contributed by atoms with Gasteiger partial charge in [0, 0.05) is 29.9 Å². The summed E-state index contributed by atoms with van der Waals surface area (Å²) in [6.07, 6.45) is 3.64. The standard InChI is InChI=1S/C26H25N5O3/c1-17-8-9-20-22(13-17)29-24(21-6-2-3-7-23(21)32)30-25(20)31(19-10-12-28-15-19)26(33)34-16-18-5-4-11-27-14-18/h2-9,11,13-14,19,28,32H,10,12,15-16H2,1H3/t19-/m1/s1. The molecule has 2 aromatic carbocycles. The number of hydrogen-bond donors (Lipinski definition) is 2. The van der Waals surface area contributed by atoms with Gasteiger partial charge in [0.1, 0.15) is 18.2 Å². The molecule has 0 aliphatic carbocycles. The molecule has 0 spiro atoms. The predicted octanol–water partition coefficient (Wildman–Crippen LogP) is 4.21. The second kappa shape index (κ2) is 9.44. The number of nitrogens with zero attached hydrogens (tertiary/aromatic N) is 4. The summed E-state index contributed by atoms with van der Waals surface area (Å²) in [6.45, 7) is 3.52. The Balaban J connectivity index is 1.61. The maximum Gasteiger partial charge on any atom is 0.416 e. The van der Waals surface area contributed by atoms with Crippen LogP contribution in [0.3, 0.4) is 0 Å². The Hall–Kier alpha value is -4.04. The van der Waals surface area contributed by atoms with Crippen LogP contribution < -0.4 is 10.2 Å². The van der Waals surface area contributed by atoms with E-state index < -0.39 is 6.09 Å². The molecule has 4 aromatic rings. The summed E-state index contributed by atoms with van der Waals surface area (Å²) < 4.78 is 5.71. The van der Waals surface area contributed by atoms with Crippen molar-refractivity contribution in [2.24, 2.45) is 0 Å². The second-order valence-corrected chi connectivity index (χ2v) is 8.34. The van der Waals surface area contributed by atoms with Crippen molar-refractivity contribution in [3.05, 3.63) is 78.1 Å². The van der Waals surface area contributed by atoms with Crippen LogP contribution in [0.4, 0.5) is 10.6 Å². The van der Waals surface area contributed by atoms with Crippen molar-refractivity contribution in [1.82, 2.24) is 20.3 Å². The molecule has 0 unspecified atom stereocenters. The average molecular weight is 456 g/mol. The van der Waals surface area contributed by atoms with Crippen molar-refractivity contribution < 1.29 is 14.6 Å².